The van der Waals surface area contributed by atoms with Gasteiger partial charge in [-0.3, -0.25) is 0 Å². The van der Waals surface area contributed by atoms with E-state index in [9.17, 15) is 0 Å². The van der Waals surface area contributed by atoms with Crippen LogP contribution in [0.15, 0.2) is 21.2 Å². The highest BCUT2D eigenvalue weighted by atomic mass is 16.5. The van der Waals surface area contributed by atoms with E-state index in [-0.39, 0.29) is 5.88 Å². The summed E-state index contributed by atoms with van der Waals surface area (Å²) < 4.78 is 9.53. The fraction of sp³-hybridized carbons (Fsp3) is 0.143. The molecule has 0 saturated carbocycles. The van der Waals surface area contributed by atoms with Gasteiger partial charge in [-0.15, -0.1) is 0 Å². The Morgan fingerprint density at radius 1 is 1.17 bits per heavy atom. The van der Waals surface area contributed by atoms with Crippen LogP contribution in [0.2, 0.25) is 0 Å². The van der Waals surface area contributed by atoms with E-state index in [4.69, 9.17) is 10.3 Å². The van der Waals surface area contributed by atoms with Gasteiger partial charge in [-0.2, -0.15) is 0 Å². The topological polar surface area (TPSA) is 78.1 Å². The second kappa shape index (κ2) is 2.37. The first kappa shape index (κ1) is 6.90. The summed E-state index contributed by atoms with van der Waals surface area (Å²) in [6.45, 7) is 1.81. The van der Waals surface area contributed by atoms with Crippen molar-refractivity contribution in [3.63, 3.8) is 0 Å². The van der Waals surface area contributed by atoms with E-state index in [0.717, 1.165) is 5.76 Å². The number of aromatic nitrogens is 2. The van der Waals surface area contributed by atoms with Crippen molar-refractivity contribution in [3.05, 3.63) is 17.9 Å². The van der Waals surface area contributed by atoms with Crippen LogP contribution in [0.4, 0.5) is 5.88 Å². The lowest BCUT2D eigenvalue weighted by molar-refractivity contribution is 0.397. The average molecular weight is 165 g/mol. The fourth-order valence-electron chi connectivity index (χ4n) is 0.897. The summed E-state index contributed by atoms with van der Waals surface area (Å²) in [6, 6.07) is 3.36. The molecule has 2 aromatic rings. The maximum atomic E-state index is 5.34. The van der Waals surface area contributed by atoms with Gasteiger partial charge in [0.25, 0.3) is 0 Å². The summed E-state index contributed by atoms with van der Waals surface area (Å²) >= 11 is 0. The van der Waals surface area contributed by atoms with Gasteiger partial charge in [0.2, 0.25) is 5.88 Å². The van der Waals surface area contributed by atoms with E-state index in [0.29, 0.717) is 11.4 Å². The van der Waals surface area contributed by atoms with E-state index < -0.39 is 0 Å². The number of nitrogens with two attached hydrogens (primary N) is 1. The van der Waals surface area contributed by atoms with Crippen LogP contribution < -0.4 is 5.73 Å². The standard InChI is InChI=1S/C7H7N3O2/c1-4-2-5(9-11-4)6-3-7(8)12-10-6/h2-3H,8H2,1H3. The van der Waals surface area contributed by atoms with Crippen molar-refractivity contribution in [3.8, 4) is 11.4 Å². The van der Waals surface area contributed by atoms with E-state index in [1.165, 1.54) is 0 Å². The van der Waals surface area contributed by atoms with Gasteiger partial charge >= 0.3 is 0 Å². The highest BCUT2D eigenvalue weighted by Gasteiger charge is 2.07. The van der Waals surface area contributed by atoms with Crippen molar-refractivity contribution >= 4 is 5.88 Å². The van der Waals surface area contributed by atoms with E-state index >= 15 is 0 Å². The second-order valence-electron chi connectivity index (χ2n) is 2.44. The lowest BCUT2D eigenvalue weighted by Gasteiger charge is -1.78. The number of nitrogen functional groups attached to an aromatic ring is 1. The summed E-state index contributed by atoms with van der Waals surface area (Å²) in [5.41, 5.74) is 6.55. The van der Waals surface area contributed by atoms with Gasteiger partial charge in [0.15, 0.2) is 0 Å². The van der Waals surface area contributed by atoms with Crippen molar-refractivity contribution in [2.45, 2.75) is 6.92 Å². The molecular weight excluding hydrogens is 158 g/mol. The number of anilines is 1. The molecule has 0 aliphatic heterocycles. The first-order chi connectivity index (χ1) is 5.75. The third kappa shape index (κ3) is 1.05. The fourth-order valence-corrected chi connectivity index (χ4v) is 0.897. The zero-order chi connectivity index (χ0) is 8.55. The Morgan fingerprint density at radius 3 is 2.33 bits per heavy atom. The molecule has 2 rings (SSSR count). The third-order valence-electron chi connectivity index (χ3n) is 1.42. The molecule has 0 aromatic carbocycles. The number of hydrogen-bond acceptors (Lipinski definition) is 5. The zero-order valence-electron chi connectivity index (χ0n) is 6.44. The van der Waals surface area contributed by atoms with Crippen LogP contribution in [-0.4, -0.2) is 10.3 Å². The zero-order valence-corrected chi connectivity index (χ0v) is 6.44. The number of nitrogens with zero attached hydrogens (tertiary/aromatic N) is 2. The van der Waals surface area contributed by atoms with Crippen LogP contribution in [0.1, 0.15) is 5.76 Å². The summed E-state index contributed by atoms with van der Waals surface area (Å²) in [5.74, 6) is 0.997. The monoisotopic (exact) mass is 165 g/mol. The van der Waals surface area contributed by atoms with Crippen molar-refractivity contribution in [2.24, 2.45) is 0 Å². The lowest BCUT2D eigenvalue weighted by Crippen LogP contribution is -1.76. The van der Waals surface area contributed by atoms with Crippen LogP contribution in [-0.2, 0) is 0 Å². The van der Waals surface area contributed by atoms with Crippen LogP contribution in [0.3, 0.4) is 0 Å². The summed E-state index contributed by atoms with van der Waals surface area (Å²) in [4.78, 5) is 0. The molecule has 12 heavy (non-hydrogen) atoms. The third-order valence-corrected chi connectivity index (χ3v) is 1.42. The van der Waals surface area contributed by atoms with Crippen molar-refractivity contribution < 1.29 is 9.05 Å². The van der Waals surface area contributed by atoms with Crippen LogP contribution >= 0.6 is 0 Å². The van der Waals surface area contributed by atoms with Crippen LogP contribution in [0.25, 0.3) is 11.4 Å². The van der Waals surface area contributed by atoms with Crippen LogP contribution in [0, 0.1) is 6.92 Å². The summed E-state index contributed by atoms with van der Waals surface area (Å²) in [5, 5.41) is 7.42. The highest BCUT2D eigenvalue weighted by molar-refractivity contribution is 5.56. The lowest BCUT2D eigenvalue weighted by atomic mass is 10.3. The number of aryl methyl sites for hydroxylation is 1. The minimum Gasteiger partial charge on any atom is -0.368 e. The molecular formula is C7H7N3O2. The Balaban J connectivity index is 2.43. The van der Waals surface area contributed by atoms with Gasteiger partial charge in [-0.1, -0.05) is 10.3 Å². The molecule has 0 unspecified atom stereocenters. The molecule has 0 fully saturated rings. The van der Waals surface area contributed by atoms with Crippen molar-refractivity contribution in [1.82, 2.24) is 10.3 Å². The smallest absolute Gasteiger partial charge is 0.222 e. The Labute approximate surface area is 68.1 Å². The van der Waals surface area contributed by atoms with Gasteiger partial charge in [-0.05, 0) is 6.92 Å². The predicted molar refractivity (Wildman–Crippen MR) is 41.1 cm³/mol. The van der Waals surface area contributed by atoms with Crippen molar-refractivity contribution in [2.75, 3.05) is 5.73 Å². The molecule has 0 aliphatic carbocycles. The molecule has 5 heteroatoms. The quantitative estimate of drug-likeness (QED) is 0.687. The molecule has 2 N–H and O–H groups in total. The maximum absolute atomic E-state index is 5.34. The molecule has 0 aliphatic rings. The highest BCUT2D eigenvalue weighted by Crippen LogP contribution is 2.18. The number of rotatable bonds is 1. The SMILES string of the molecule is Cc1cc(-c2cc(N)on2)no1. The van der Waals surface area contributed by atoms with E-state index in [2.05, 4.69) is 14.8 Å². The Hall–Kier alpha value is -1.78. The van der Waals surface area contributed by atoms with E-state index in [1.807, 2.05) is 0 Å². The number of hydrogen-bond donors (Lipinski definition) is 1. The molecule has 0 saturated heterocycles. The second-order valence-corrected chi connectivity index (χ2v) is 2.44. The van der Waals surface area contributed by atoms with Gasteiger partial charge in [0.1, 0.15) is 17.1 Å². The van der Waals surface area contributed by atoms with Gasteiger partial charge in [-0.25, -0.2) is 0 Å². The van der Waals surface area contributed by atoms with E-state index in [1.54, 1.807) is 19.1 Å². The predicted octanol–water partition coefficient (Wildman–Crippen LogP) is 1.22. The van der Waals surface area contributed by atoms with Gasteiger partial charge in [0, 0.05) is 12.1 Å². The molecule has 0 amide bonds. The molecule has 0 radical (unpaired) electrons. The first-order valence-electron chi connectivity index (χ1n) is 3.41. The molecule has 62 valence electrons. The first-order valence-corrected chi connectivity index (χ1v) is 3.41. The largest absolute Gasteiger partial charge is 0.368 e. The minimum atomic E-state index is 0.269. The molecule has 0 atom stereocenters. The average Bonchev–Trinajstić information content (AvgIpc) is 2.58. The Morgan fingerprint density at radius 2 is 1.83 bits per heavy atom. The molecule has 5 nitrogen and oxygen atoms in total. The summed E-state index contributed by atoms with van der Waals surface area (Å²) in [7, 11) is 0. The molecule has 2 heterocycles. The molecule has 2 aromatic heterocycles. The van der Waals surface area contributed by atoms with Gasteiger partial charge < -0.3 is 14.8 Å². The van der Waals surface area contributed by atoms with Gasteiger partial charge in [0.05, 0.1) is 0 Å². The van der Waals surface area contributed by atoms with Crippen LogP contribution in [0.5, 0.6) is 0 Å². The minimum absolute atomic E-state index is 0.269. The molecule has 0 spiro atoms. The molecule has 0 bridgehead atoms. The Bertz CT molecular complexity index is 353. The Kier molecular flexibility index (Phi) is 1.36. The van der Waals surface area contributed by atoms with Crippen molar-refractivity contribution in [1.29, 1.82) is 0 Å². The summed E-state index contributed by atoms with van der Waals surface area (Å²) in [6.07, 6.45) is 0. The normalized spacial score (nSPS) is 10.4. The maximum Gasteiger partial charge on any atom is 0.222 e.